The van der Waals surface area contributed by atoms with E-state index in [1.807, 2.05) is 7.05 Å². The Balaban J connectivity index is 0.000000271. The van der Waals surface area contributed by atoms with E-state index in [2.05, 4.69) is 25.7 Å². The maximum atomic E-state index is 14.5. The lowest BCUT2D eigenvalue weighted by Crippen LogP contribution is -2.22. The Labute approximate surface area is 231 Å². The van der Waals surface area contributed by atoms with Crippen LogP contribution in [-0.2, 0) is 0 Å². The summed E-state index contributed by atoms with van der Waals surface area (Å²) in [5.41, 5.74) is 1.83. The van der Waals surface area contributed by atoms with Crippen molar-refractivity contribution in [1.29, 1.82) is 0 Å². The Morgan fingerprint density at radius 1 is 1.18 bits per heavy atom. The minimum Gasteiger partial charge on any atom is -0.508 e. The summed E-state index contributed by atoms with van der Waals surface area (Å²) in [5, 5.41) is 12.3. The fourth-order valence-corrected chi connectivity index (χ4v) is 5.93. The number of pyridine rings is 1. The number of phenols is 1. The summed E-state index contributed by atoms with van der Waals surface area (Å²) >= 11 is 0. The second-order valence-electron chi connectivity index (χ2n) is 10.7. The molecule has 1 N–H and O–H groups in total. The molecule has 2 unspecified atom stereocenters. The van der Waals surface area contributed by atoms with Gasteiger partial charge in [-0.3, -0.25) is 4.90 Å². The number of phenolic OH excluding ortho intramolecular Hbond substituents is 1. The Hall–Kier alpha value is -4.03. The molecule has 0 radical (unpaired) electrons. The summed E-state index contributed by atoms with van der Waals surface area (Å²) in [4.78, 5) is 18.0. The average molecular weight is 544 g/mol. The molecule has 3 aliphatic rings. The second kappa shape index (κ2) is 10.5. The van der Waals surface area contributed by atoms with Gasteiger partial charge in [0, 0.05) is 42.8 Å². The Kier molecular flexibility index (Phi) is 6.88. The second-order valence-corrected chi connectivity index (χ2v) is 10.7. The number of nitrogens with zero attached hydrogens (tertiary/aromatic N) is 5. The molecule has 2 aliphatic heterocycles. The van der Waals surface area contributed by atoms with Gasteiger partial charge in [0.1, 0.15) is 23.6 Å². The third-order valence-electron chi connectivity index (χ3n) is 8.08. The van der Waals surface area contributed by atoms with Crippen LogP contribution in [0.2, 0.25) is 0 Å². The van der Waals surface area contributed by atoms with Gasteiger partial charge in [-0.05, 0) is 68.3 Å². The molecule has 1 aliphatic carbocycles. The van der Waals surface area contributed by atoms with E-state index in [0.717, 1.165) is 31.2 Å². The van der Waals surface area contributed by atoms with Crippen molar-refractivity contribution in [2.75, 3.05) is 32.1 Å². The van der Waals surface area contributed by atoms with Crippen molar-refractivity contribution in [3.05, 3.63) is 47.9 Å². The predicted octanol–water partition coefficient (Wildman–Crippen LogP) is 5.47. The van der Waals surface area contributed by atoms with Gasteiger partial charge in [0.15, 0.2) is 0 Å². The minimum atomic E-state index is -0.518. The lowest BCUT2D eigenvalue weighted by atomic mass is 9.96. The van der Waals surface area contributed by atoms with Gasteiger partial charge in [0.25, 0.3) is 0 Å². The van der Waals surface area contributed by atoms with E-state index in [0.29, 0.717) is 52.0 Å². The monoisotopic (exact) mass is 543 g/mol. The van der Waals surface area contributed by atoms with Crippen molar-refractivity contribution >= 4 is 27.5 Å². The molecule has 4 heterocycles. The first-order valence-corrected chi connectivity index (χ1v) is 13.6. The lowest BCUT2D eigenvalue weighted by Gasteiger charge is -2.21. The number of anilines is 1. The number of methoxy groups -OCH3 is 1. The number of halogens is 2. The number of fused-ring (bicyclic) bond motifs is 3. The molecule has 9 heteroatoms. The van der Waals surface area contributed by atoms with Crippen molar-refractivity contribution in [3.63, 3.8) is 0 Å². The number of hydrogen-bond acceptors (Lipinski definition) is 7. The van der Waals surface area contributed by atoms with Crippen molar-refractivity contribution in [3.8, 4) is 35.4 Å². The van der Waals surface area contributed by atoms with E-state index < -0.39 is 12.0 Å². The number of rotatable bonds is 4. The summed E-state index contributed by atoms with van der Waals surface area (Å²) < 4.78 is 32.3. The van der Waals surface area contributed by atoms with Crippen LogP contribution in [0.4, 0.5) is 14.6 Å². The van der Waals surface area contributed by atoms with E-state index >= 15 is 0 Å². The highest BCUT2D eigenvalue weighted by Crippen LogP contribution is 2.39. The van der Waals surface area contributed by atoms with Crippen LogP contribution in [0.3, 0.4) is 0 Å². The molecule has 4 aromatic rings. The van der Waals surface area contributed by atoms with Crippen molar-refractivity contribution in [2.24, 2.45) is 0 Å². The number of alkyl halides is 1. The highest BCUT2D eigenvalue weighted by molar-refractivity contribution is 6.03. The van der Waals surface area contributed by atoms with Gasteiger partial charge in [-0.25, -0.2) is 18.7 Å². The van der Waals surface area contributed by atoms with Gasteiger partial charge in [-0.1, -0.05) is 12.0 Å². The molecule has 0 spiro atoms. The molecule has 2 saturated heterocycles. The van der Waals surface area contributed by atoms with Gasteiger partial charge in [-0.2, -0.15) is 4.98 Å². The first-order chi connectivity index (χ1) is 19.4. The summed E-state index contributed by atoms with van der Waals surface area (Å²) in [7, 11) is 3.49. The van der Waals surface area contributed by atoms with E-state index in [1.165, 1.54) is 26.0 Å². The van der Waals surface area contributed by atoms with Gasteiger partial charge in [0.2, 0.25) is 0 Å². The molecule has 2 atom stereocenters. The number of aromatic hydroxyl groups is 1. The van der Waals surface area contributed by atoms with Gasteiger partial charge in [0.05, 0.1) is 29.3 Å². The number of terminal acetylenes is 1. The van der Waals surface area contributed by atoms with Gasteiger partial charge < -0.3 is 14.7 Å². The molecule has 7 rings (SSSR count). The lowest BCUT2D eigenvalue weighted by molar-refractivity contribution is 0.292. The standard InChI is InChI=1S/C24H19FN4O2.C7H12FN/c1-4-16-19(25)8-5-13-9-15(30)10-17(22(13)16)20-11-21-18(12-26-24(28-21)31-3)23(27-20)29(2)14-6-7-14;8-6-4-7-2-1-3-9(7)5-6/h1,5,8-12,14,30H,6-7H2,2-3H3;6-7H,1-5H2. The zero-order valence-corrected chi connectivity index (χ0v) is 22.6. The molecule has 7 nitrogen and oxygen atoms in total. The first kappa shape index (κ1) is 26.2. The molecule has 3 fully saturated rings. The van der Waals surface area contributed by atoms with Crippen molar-refractivity contribution in [2.45, 2.75) is 50.4 Å². The van der Waals surface area contributed by atoms with Gasteiger partial charge >= 0.3 is 6.01 Å². The fraction of sp³-hybridized carbons (Fsp3) is 0.387. The van der Waals surface area contributed by atoms with Crippen LogP contribution in [0, 0.1) is 18.2 Å². The van der Waals surface area contributed by atoms with E-state index in [9.17, 15) is 13.9 Å². The number of ether oxygens (including phenoxy) is 1. The Morgan fingerprint density at radius 2 is 2.00 bits per heavy atom. The van der Waals surface area contributed by atoms with E-state index in [1.54, 1.807) is 30.5 Å². The van der Waals surface area contributed by atoms with Crippen LogP contribution in [0.15, 0.2) is 36.5 Å². The number of aromatic nitrogens is 3. The van der Waals surface area contributed by atoms with E-state index in [-0.39, 0.29) is 17.3 Å². The topological polar surface area (TPSA) is 74.6 Å². The third kappa shape index (κ3) is 4.88. The molecular formula is C31H31F2N5O2. The smallest absolute Gasteiger partial charge is 0.316 e. The maximum absolute atomic E-state index is 14.5. The summed E-state index contributed by atoms with van der Waals surface area (Å²) in [6.07, 6.45) is 12.3. The normalized spacial score (nSPS) is 20.2. The van der Waals surface area contributed by atoms with Crippen LogP contribution in [-0.4, -0.2) is 70.5 Å². The van der Waals surface area contributed by atoms with Crippen molar-refractivity contribution < 1.29 is 18.6 Å². The molecule has 1 saturated carbocycles. The van der Waals surface area contributed by atoms with Crippen LogP contribution in [0.25, 0.3) is 32.9 Å². The van der Waals surface area contributed by atoms with Crippen molar-refractivity contribution in [1.82, 2.24) is 19.9 Å². The molecule has 40 heavy (non-hydrogen) atoms. The predicted molar refractivity (Wildman–Crippen MR) is 152 cm³/mol. The highest BCUT2D eigenvalue weighted by atomic mass is 19.1. The van der Waals surface area contributed by atoms with Crippen LogP contribution < -0.4 is 9.64 Å². The SMILES string of the molecule is C#Cc1c(F)ccc2cc(O)cc(-c3cc4nc(OC)ncc4c(N(C)C4CC4)n3)c12.FC1CC2CCCN2C1. The van der Waals surface area contributed by atoms with Crippen LogP contribution >= 0.6 is 0 Å². The molecule has 0 amide bonds. The minimum absolute atomic E-state index is 0.0383. The number of hydrogen-bond donors (Lipinski definition) is 1. The summed E-state index contributed by atoms with van der Waals surface area (Å²) in [6.45, 7) is 1.86. The summed E-state index contributed by atoms with van der Waals surface area (Å²) in [5.74, 6) is 2.70. The number of benzene rings is 2. The first-order valence-electron chi connectivity index (χ1n) is 13.6. The summed E-state index contributed by atoms with van der Waals surface area (Å²) in [6, 6.07) is 9.03. The molecular weight excluding hydrogens is 512 g/mol. The Bertz CT molecular complexity index is 1620. The largest absolute Gasteiger partial charge is 0.508 e. The average Bonchev–Trinajstić information content (AvgIpc) is 3.62. The highest BCUT2D eigenvalue weighted by Gasteiger charge is 2.34. The fourth-order valence-electron chi connectivity index (χ4n) is 5.93. The van der Waals surface area contributed by atoms with E-state index in [4.69, 9.17) is 16.1 Å². The molecule has 0 bridgehead atoms. The van der Waals surface area contributed by atoms with Crippen LogP contribution in [0.1, 0.15) is 37.7 Å². The van der Waals surface area contributed by atoms with Gasteiger partial charge in [-0.15, -0.1) is 6.42 Å². The quantitative estimate of drug-likeness (QED) is 0.342. The maximum Gasteiger partial charge on any atom is 0.316 e. The molecule has 2 aromatic heterocycles. The Morgan fingerprint density at radius 3 is 2.73 bits per heavy atom. The third-order valence-corrected chi connectivity index (χ3v) is 8.08. The van der Waals surface area contributed by atoms with Crippen LogP contribution in [0.5, 0.6) is 11.8 Å². The zero-order chi connectivity index (χ0) is 28.0. The molecule has 206 valence electrons. The molecule has 2 aromatic carbocycles. The zero-order valence-electron chi connectivity index (χ0n) is 22.6.